The predicted octanol–water partition coefficient (Wildman–Crippen LogP) is 0.856. The molecule has 1 N–H and O–H groups in total. The summed E-state index contributed by atoms with van der Waals surface area (Å²) in [6.45, 7) is 7.06. The first-order valence-corrected chi connectivity index (χ1v) is 3.82. The van der Waals surface area contributed by atoms with Gasteiger partial charge in [-0.05, 0) is 6.42 Å². The number of allylic oxidation sites excluding steroid dienone is 1. The van der Waals surface area contributed by atoms with Crippen LogP contribution in [0.4, 0.5) is 0 Å². The van der Waals surface area contributed by atoms with E-state index in [-0.39, 0.29) is 17.8 Å². The minimum atomic E-state index is -1.03. The molecule has 1 heterocycles. The zero-order valence-corrected chi connectivity index (χ0v) is 6.77. The molecule has 1 fully saturated rings. The molecule has 66 valence electrons. The van der Waals surface area contributed by atoms with Crippen molar-refractivity contribution in [2.45, 2.75) is 12.7 Å². The van der Waals surface area contributed by atoms with Gasteiger partial charge in [0.05, 0.1) is 11.8 Å². The molecule has 0 aliphatic carbocycles. The molecule has 0 aromatic heterocycles. The molecule has 0 aromatic rings. The quantitative estimate of drug-likeness (QED) is 0.502. The molecule has 0 amide bonds. The molecule has 12 heavy (non-hydrogen) atoms. The van der Waals surface area contributed by atoms with Crippen LogP contribution < -0.4 is 0 Å². The van der Waals surface area contributed by atoms with Gasteiger partial charge in [-0.2, -0.15) is 0 Å². The third kappa shape index (κ3) is 1.41. The summed E-state index contributed by atoms with van der Waals surface area (Å²) in [6, 6.07) is 0. The highest BCUT2D eigenvalue weighted by molar-refractivity contribution is 5.75. The van der Waals surface area contributed by atoms with Gasteiger partial charge >= 0.3 is 5.97 Å². The average molecular weight is 168 g/mol. The Morgan fingerprint density at radius 2 is 2.25 bits per heavy atom. The number of hydrogen-bond acceptors (Lipinski definition) is 3. The second-order valence-electron chi connectivity index (χ2n) is 2.77. The van der Waals surface area contributed by atoms with E-state index in [1.165, 1.54) is 0 Å². The summed E-state index contributed by atoms with van der Waals surface area (Å²) in [5.41, 5.74) is 0. The lowest BCUT2D eigenvalue weighted by Gasteiger charge is -2.10. The molecule has 0 aromatic carbocycles. The Hall–Kier alpha value is -1.09. The van der Waals surface area contributed by atoms with Crippen LogP contribution >= 0.6 is 0 Å². The van der Waals surface area contributed by atoms with Crippen LogP contribution in [-0.4, -0.2) is 17.4 Å². The molecular formula is C9H12O3. The zero-order valence-electron chi connectivity index (χ0n) is 6.77. The highest BCUT2D eigenvalue weighted by Crippen LogP contribution is 2.30. The Morgan fingerprint density at radius 1 is 1.58 bits per heavy atom. The Morgan fingerprint density at radius 3 is 2.75 bits per heavy atom. The van der Waals surface area contributed by atoms with Crippen molar-refractivity contribution in [2.75, 3.05) is 0 Å². The molecule has 0 radical (unpaired) electrons. The largest absolute Gasteiger partial charge is 0.435 e. The maximum atomic E-state index is 11.1. The third-order valence-corrected chi connectivity index (χ3v) is 2.03. The van der Waals surface area contributed by atoms with Gasteiger partial charge in [0.15, 0.2) is 0 Å². The van der Waals surface area contributed by atoms with Crippen LogP contribution in [0.1, 0.15) is 6.42 Å². The summed E-state index contributed by atoms with van der Waals surface area (Å²) in [5, 5.41) is 9.21. The van der Waals surface area contributed by atoms with Crippen LogP contribution in [0.5, 0.6) is 0 Å². The van der Waals surface area contributed by atoms with Gasteiger partial charge in [-0.1, -0.05) is 12.2 Å². The number of carbonyl (C=O) groups is 1. The maximum absolute atomic E-state index is 11.1. The molecule has 1 saturated heterocycles. The van der Waals surface area contributed by atoms with Crippen LogP contribution in [0.2, 0.25) is 0 Å². The van der Waals surface area contributed by atoms with E-state index in [1.54, 1.807) is 12.2 Å². The molecule has 0 saturated carbocycles. The zero-order chi connectivity index (χ0) is 9.14. The van der Waals surface area contributed by atoms with Gasteiger partial charge in [0.1, 0.15) is 0 Å². The van der Waals surface area contributed by atoms with Crippen LogP contribution in [0.3, 0.4) is 0 Å². The number of ether oxygens (including phenoxy) is 1. The fraction of sp³-hybridized carbons (Fsp3) is 0.444. The van der Waals surface area contributed by atoms with E-state index >= 15 is 0 Å². The van der Waals surface area contributed by atoms with E-state index in [4.69, 9.17) is 0 Å². The van der Waals surface area contributed by atoms with Crippen molar-refractivity contribution in [3.8, 4) is 0 Å². The number of hydrogen-bond donors (Lipinski definition) is 1. The van der Waals surface area contributed by atoms with Crippen molar-refractivity contribution in [3.05, 3.63) is 25.3 Å². The van der Waals surface area contributed by atoms with Gasteiger partial charge in [-0.25, -0.2) is 0 Å². The number of aliphatic hydroxyl groups is 1. The molecule has 1 aliphatic rings. The van der Waals surface area contributed by atoms with Crippen molar-refractivity contribution >= 4 is 5.97 Å². The Bertz CT molecular complexity index is 210. The second-order valence-corrected chi connectivity index (χ2v) is 2.77. The minimum absolute atomic E-state index is 0.296. The smallest absolute Gasteiger partial charge is 0.312 e. The monoisotopic (exact) mass is 168 g/mol. The lowest BCUT2D eigenvalue weighted by atomic mass is 9.91. The fourth-order valence-corrected chi connectivity index (χ4v) is 1.35. The lowest BCUT2D eigenvalue weighted by molar-refractivity contribution is -0.156. The van der Waals surface area contributed by atoms with Crippen molar-refractivity contribution in [1.29, 1.82) is 0 Å². The summed E-state index contributed by atoms with van der Waals surface area (Å²) >= 11 is 0. The summed E-state index contributed by atoms with van der Waals surface area (Å²) < 4.78 is 4.63. The van der Waals surface area contributed by atoms with Crippen LogP contribution in [0, 0.1) is 11.8 Å². The number of cyclic esters (lactones) is 1. The van der Waals surface area contributed by atoms with Crippen molar-refractivity contribution in [3.63, 3.8) is 0 Å². The first-order valence-electron chi connectivity index (χ1n) is 3.82. The molecular weight excluding hydrogens is 156 g/mol. The molecule has 3 nitrogen and oxygen atoms in total. The second kappa shape index (κ2) is 3.54. The van der Waals surface area contributed by atoms with E-state index in [0.717, 1.165) is 0 Å². The lowest BCUT2D eigenvalue weighted by Crippen LogP contribution is -2.17. The first kappa shape index (κ1) is 9.00. The van der Waals surface area contributed by atoms with Gasteiger partial charge in [0.25, 0.3) is 0 Å². The Kier molecular flexibility index (Phi) is 2.65. The van der Waals surface area contributed by atoms with Crippen molar-refractivity contribution in [2.24, 2.45) is 11.8 Å². The van der Waals surface area contributed by atoms with E-state index in [2.05, 4.69) is 17.9 Å². The van der Waals surface area contributed by atoms with E-state index < -0.39 is 6.29 Å². The normalized spacial score (nSPS) is 34.4. The molecule has 0 bridgehead atoms. The fourth-order valence-electron chi connectivity index (χ4n) is 1.35. The summed E-state index contributed by atoms with van der Waals surface area (Å²) in [4.78, 5) is 11.1. The predicted molar refractivity (Wildman–Crippen MR) is 44.1 cm³/mol. The van der Waals surface area contributed by atoms with E-state index in [0.29, 0.717) is 6.42 Å². The van der Waals surface area contributed by atoms with Gasteiger partial charge in [-0.3, -0.25) is 4.79 Å². The van der Waals surface area contributed by atoms with Gasteiger partial charge in [0, 0.05) is 0 Å². The van der Waals surface area contributed by atoms with Crippen molar-refractivity contribution in [1.82, 2.24) is 0 Å². The average Bonchev–Trinajstić information content (AvgIpc) is 2.28. The van der Waals surface area contributed by atoms with Crippen LogP contribution in [0.15, 0.2) is 25.3 Å². The van der Waals surface area contributed by atoms with Crippen molar-refractivity contribution < 1.29 is 14.6 Å². The summed E-state index contributed by atoms with van der Waals surface area (Å²) in [5.74, 6) is -0.974. The highest BCUT2D eigenvalue weighted by Gasteiger charge is 2.40. The number of rotatable bonds is 3. The van der Waals surface area contributed by atoms with Gasteiger partial charge in [-0.15, -0.1) is 13.2 Å². The number of esters is 1. The first-order chi connectivity index (χ1) is 5.70. The van der Waals surface area contributed by atoms with Gasteiger partial charge in [0.2, 0.25) is 6.29 Å². The topological polar surface area (TPSA) is 46.5 Å². The third-order valence-electron chi connectivity index (χ3n) is 2.03. The highest BCUT2D eigenvalue weighted by atomic mass is 16.6. The number of carbonyl (C=O) groups excluding carboxylic acids is 1. The SMILES string of the molecule is C=CC[C@H]1C(=O)OC(O)[C@@H]1C=C. The van der Waals surface area contributed by atoms with Gasteiger partial charge < -0.3 is 9.84 Å². The van der Waals surface area contributed by atoms with E-state index in [1.807, 2.05) is 0 Å². The summed E-state index contributed by atoms with van der Waals surface area (Å²) in [6.07, 6.45) is 2.68. The molecule has 1 aliphatic heterocycles. The molecule has 0 spiro atoms. The molecule has 1 unspecified atom stereocenters. The molecule has 1 rings (SSSR count). The maximum Gasteiger partial charge on any atom is 0.312 e. The Labute approximate surface area is 71.3 Å². The van der Waals surface area contributed by atoms with Crippen LogP contribution in [0.25, 0.3) is 0 Å². The molecule has 3 atom stereocenters. The molecule has 3 heteroatoms. The summed E-state index contributed by atoms with van der Waals surface area (Å²) in [7, 11) is 0. The van der Waals surface area contributed by atoms with E-state index in [9.17, 15) is 9.90 Å². The Balaban J connectivity index is 2.73. The standard InChI is InChI=1S/C9H12O3/c1-3-5-7-6(4-2)8(10)12-9(7)11/h3-4,6-8,10H,1-2,5H2/t6-,7-,8?/m1/s1. The minimum Gasteiger partial charge on any atom is -0.435 e. The van der Waals surface area contributed by atoms with Crippen LogP contribution in [-0.2, 0) is 9.53 Å². The number of aliphatic hydroxyl groups excluding tert-OH is 1.